The van der Waals surface area contributed by atoms with E-state index in [-0.39, 0.29) is 0 Å². The Morgan fingerprint density at radius 2 is 1.67 bits per heavy atom. The summed E-state index contributed by atoms with van der Waals surface area (Å²) in [5.41, 5.74) is 2.65. The Hall–Kier alpha value is -1.02. The van der Waals surface area contributed by atoms with Crippen molar-refractivity contribution in [2.24, 2.45) is 0 Å². The van der Waals surface area contributed by atoms with Crippen molar-refractivity contribution >= 4 is 5.69 Å². The first-order chi connectivity index (χ1) is 8.71. The van der Waals surface area contributed by atoms with E-state index in [9.17, 15) is 0 Å². The Kier molecular flexibility index (Phi) is 6.81. The summed E-state index contributed by atoms with van der Waals surface area (Å²) >= 11 is 0. The standard InChI is InChI=1S/C16H28N2/c1-5-15(6-2)17-12-13-18(7-3)16-10-8-14(4)9-11-16/h8-11,15,17H,5-7,12-13H2,1-4H3. The van der Waals surface area contributed by atoms with Gasteiger partial charge in [-0.25, -0.2) is 0 Å². The van der Waals surface area contributed by atoms with Gasteiger partial charge in [-0.2, -0.15) is 0 Å². The van der Waals surface area contributed by atoms with Gasteiger partial charge in [0.25, 0.3) is 0 Å². The lowest BCUT2D eigenvalue weighted by molar-refractivity contribution is 0.487. The van der Waals surface area contributed by atoms with Gasteiger partial charge in [0.05, 0.1) is 0 Å². The van der Waals surface area contributed by atoms with Crippen LogP contribution < -0.4 is 10.2 Å². The van der Waals surface area contributed by atoms with Crippen LogP contribution >= 0.6 is 0 Å². The molecule has 0 heterocycles. The van der Waals surface area contributed by atoms with Crippen LogP contribution in [0.1, 0.15) is 39.2 Å². The van der Waals surface area contributed by atoms with E-state index < -0.39 is 0 Å². The molecule has 0 saturated heterocycles. The third-order valence-electron chi connectivity index (χ3n) is 3.58. The average Bonchev–Trinajstić information content (AvgIpc) is 2.41. The molecule has 2 nitrogen and oxygen atoms in total. The van der Waals surface area contributed by atoms with Gasteiger partial charge in [-0.15, -0.1) is 0 Å². The van der Waals surface area contributed by atoms with E-state index in [0.29, 0.717) is 6.04 Å². The maximum atomic E-state index is 3.62. The van der Waals surface area contributed by atoms with Gasteiger partial charge in [-0.3, -0.25) is 0 Å². The summed E-state index contributed by atoms with van der Waals surface area (Å²) in [4.78, 5) is 2.43. The third-order valence-corrected chi connectivity index (χ3v) is 3.58. The average molecular weight is 248 g/mol. The Balaban J connectivity index is 2.44. The molecule has 0 aliphatic carbocycles. The molecular formula is C16H28N2. The van der Waals surface area contributed by atoms with Crippen LogP contribution in [-0.2, 0) is 0 Å². The lowest BCUT2D eigenvalue weighted by atomic mass is 10.2. The molecule has 0 aliphatic heterocycles. The summed E-state index contributed by atoms with van der Waals surface area (Å²) in [5.74, 6) is 0. The first-order valence-electron chi connectivity index (χ1n) is 7.26. The second-order valence-electron chi connectivity index (χ2n) is 4.88. The molecule has 0 bridgehead atoms. The molecule has 0 radical (unpaired) electrons. The maximum absolute atomic E-state index is 3.62. The fourth-order valence-corrected chi connectivity index (χ4v) is 2.21. The molecule has 1 aromatic rings. The van der Waals surface area contributed by atoms with Crippen LogP contribution in [-0.4, -0.2) is 25.7 Å². The SMILES string of the molecule is CCC(CC)NCCN(CC)c1ccc(C)cc1. The van der Waals surface area contributed by atoms with Crippen LogP contribution in [0.4, 0.5) is 5.69 Å². The molecular weight excluding hydrogens is 220 g/mol. The Morgan fingerprint density at radius 3 is 2.17 bits per heavy atom. The third kappa shape index (κ3) is 4.69. The zero-order valence-corrected chi connectivity index (χ0v) is 12.4. The van der Waals surface area contributed by atoms with Crippen molar-refractivity contribution in [3.05, 3.63) is 29.8 Å². The molecule has 1 N–H and O–H groups in total. The Morgan fingerprint density at radius 1 is 1.06 bits per heavy atom. The summed E-state index contributed by atoms with van der Waals surface area (Å²) in [5, 5.41) is 3.62. The van der Waals surface area contributed by atoms with Crippen LogP contribution in [0.5, 0.6) is 0 Å². The molecule has 18 heavy (non-hydrogen) atoms. The van der Waals surface area contributed by atoms with Crippen LogP contribution in [0.2, 0.25) is 0 Å². The maximum Gasteiger partial charge on any atom is 0.0366 e. The van der Waals surface area contributed by atoms with Crippen molar-refractivity contribution in [3.63, 3.8) is 0 Å². The normalized spacial score (nSPS) is 10.9. The summed E-state index contributed by atoms with van der Waals surface area (Å²) < 4.78 is 0. The predicted molar refractivity (Wildman–Crippen MR) is 81.4 cm³/mol. The topological polar surface area (TPSA) is 15.3 Å². The van der Waals surface area contributed by atoms with E-state index >= 15 is 0 Å². The van der Waals surface area contributed by atoms with Crippen LogP contribution in [0.3, 0.4) is 0 Å². The van der Waals surface area contributed by atoms with Crippen molar-refractivity contribution in [3.8, 4) is 0 Å². The Bertz CT molecular complexity index is 314. The minimum atomic E-state index is 0.668. The van der Waals surface area contributed by atoms with Crippen LogP contribution in [0.25, 0.3) is 0 Å². The molecule has 1 rings (SSSR count). The highest BCUT2D eigenvalue weighted by atomic mass is 15.1. The number of benzene rings is 1. The molecule has 0 saturated carbocycles. The zero-order valence-electron chi connectivity index (χ0n) is 12.4. The number of anilines is 1. The highest BCUT2D eigenvalue weighted by molar-refractivity contribution is 5.47. The second-order valence-corrected chi connectivity index (χ2v) is 4.88. The Labute approximate surface area is 112 Å². The molecule has 0 fully saturated rings. The summed E-state index contributed by atoms with van der Waals surface area (Å²) in [6, 6.07) is 9.48. The minimum Gasteiger partial charge on any atom is -0.371 e. The number of nitrogens with zero attached hydrogens (tertiary/aromatic N) is 1. The molecule has 0 aromatic heterocycles. The number of aryl methyl sites for hydroxylation is 1. The van der Waals surface area contributed by atoms with E-state index in [4.69, 9.17) is 0 Å². The fraction of sp³-hybridized carbons (Fsp3) is 0.625. The first kappa shape index (κ1) is 15.0. The first-order valence-corrected chi connectivity index (χ1v) is 7.26. The molecule has 0 amide bonds. The van der Waals surface area contributed by atoms with Gasteiger partial charge < -0.3 is 10.2 Å². The van der Waals surface area contributed by atoms with E-state index in [1.807, 2.05) is 0 Å². The van der Waals surface area contributed by atoms with Gasteiger partial charge in [0, 0.05) is 31.4 Å². The lowest BCUT2D eigenvalue weighted by Crippen LogP contribution is -2.36. The summed E-state index contributed by atoms with van der Waals surface area (Å²) in [6.07, 6.45) is 2.43. The van der Waals surface area contributed by atoms with E-state index in [2.05, 4.69) is 62.2 Å². The highest BCUT2D eigenvalue weighted by Crippen LogP contribution is 2.14. The van der Waals surface area contributed by atoms with E-state index in [1.165, 1.54) is 24.1 Å². The van der Waals surface area contributed by atoms with Gasteiger partial charge in [0.2, 0.25) is 0 Å². The van der Waals surface area contributed by atoms with Crippen molar-refractivity contribution in [2.75, 3.05) is 24.5 Å². The second kappa shape index (κ2) is 8.15. The zero-order chi connectivity index (χ0) is 13.4. The van der Waals surface area contributed by atoms with Gasteiger partial charge in [-0.1, -0.05) is 31.5 Å². The molecule has 2 heteroatoms. The number of rotatable bonds is 8. The van der Waals surface area contributed by atoms with Crippen molar-refractivity contribution in [2.45, 2.75) is 46.6 Å². The number of nitrogens with one attached hydrogen (secondary N) is 1. The lowest BCUT2D eigenvalue weighted by Gasteiger charge is -2.25. The molecule has 102 valence electrons. The smallest absolute Gasteiger partial charge is 0.0366 e. The van der Waals surface area contributed by atoms with Crippen LogP contribution in [0.15, 0.2) is 24.3 Å². The monoisotopic (exact) mass is 248 g/mol. The van der Waals surface area contributed by atoms with E-state index in [0.717, 1.165) is 19.6 Å². The number of hydrogen-bond donors (Lipinski definition) is 1. The van der Waals surface area contributed by atoms with Crippen molar-refractivity contribution in [1.82, 2.24) is 5.32 Å². The van der Waals surface area contributed by atoms with Gasteiger partial charge in [0.15, 0.2) is 0 Å². The molecule has 1 aromatic carbocycles. The largest absolute Gasteiger partial charge is 0.371 e. The number of likely N-dealkylation sites (N-methyl/N-ethyl adjacent to an activating group) is 1. The fourth-order valence-electron chi connectivity index (χ4n) is 2.21. The molecule has 0 aliphatic rings. The van der Waals surface area contributed by atoms with Crippen molar-refractivity contribution in [1.29, 1.82) is 0 Å². The van der Waals surface area contributed by atoms with Gasteiger partial charge in [0.1, 0.15) is 0 Å². The predicted octanol–water partition coefficient (Wildman–Crippen LogP) is 3.60. The van der Waals surface area contributed by atoms with Crippen LogP contribution in [0, 0.1) is 6.92 Å². The summed E-state index contributed by atoms with van der Waals surface area (Å²) in [6.45, 7) is 12.1. The highest BCUT2D eigenvalue weighted by Gasteiger charge is 2.05. The molecule has 0 spiro atoms. The van der Waals surface area contributed by atoms with Gasteiger partial charge in [-0.05, 0) is 38.8 Å². The quantitative estimate of drug-likeness (QED) is 0.756. The van der Waals surface area contributed by atoms with Gasteiger partial charge >= 0.3 is 0 Å². The van der Waals surface area contributed by atoms with E-state index in [1.54, 1.807) is 0 Å². The number of hydrogen-bond acceptors (Lipinski definition) is 2. The molecule has 0 unspecified atom stereocenters. The molecule has 0 atom stereocenters. The summed E-state index contributed by atoms with van der Waals surface area (Å²) in [7, 11) is 0. The van der Waals surface area contributed by atoms with Crippen molar-refractivity contribution < 1.29 is 0 Å². The minimum absolute atomic E-state index is 0.668.